The average Bonchev–Trinajstić information content (AvgIpc) is 2.92. The summed E-state index contributed by atoms with van der Waals surface area (Å²) in [6.07, 6.45) is 1.54. The Morgan fingerprint density at radius 3 is 2.45 bits per heavy atom. The van der Waals surface area contributed by atoms with Crippen LogP contribution in [0, 0.1) is 0 Å². The molecule has 0 spiro atoms. The smallest absolute Gasteiger partial charge is 0.298 e. The van der Waals surface area contributed by atoms with Crippen LogP contribution in [0.3, 0.4) is 0 Å². The molecule has 152 valence electrons. The number of rotatable bonds is 6. The molecular formula is C21H19Cl2NO4S. The Hall–Kier alpha value is -2.15. The molecule has 1 aliphatic heterocycles. The summed E-state index contributed by atoms with van der Waals surface area (Å²) in [5.74, 6) is 0.533. The van der Waals surface area contributed by atoms with Crippen molar-refractivity contribution in [3.63, 3.8) is 0 Å². The van der Waals surface area contributed by atoms with E-state index >= 15 is 0 Å². The third-order valence-electron chi connectivity index (χ3n) is 3.86. The van der Waals surface area contributed by atoms with E-state index in [1.165, 1.54) is 0 Å². The van der Waals surface area contributed by atoms with Gasteiger partial charge < -0.3 is 9.47 Å². The van der Waals surface area contributed by atoms with E-state index in [2.05, 4.69) is 0 Å². The van der Waals surface area contributed by atoms with Gasteiger partial charge in [-0.15, -0.1) is 0 Å². The Morgan fingerprint density at radius 2 is 1.83 bits per heavy atom. The lowest BCUT2D eigenvalue weighted by Crippen LogP contribution is -2.27. The molecular weight excluding hydrogens is 433 g/mol. The Bertz CT molecular complexity index is 973. The van der Waals surface area contributed by atoms with E-state index < -0.39 is 5.91 Å². The Balaban J connectivity index is 1.94. The van der Waals surface area contributed by atoms with Gasteiger partial charge >= 0.3 is 0 Å². The highest BCUT2D eigenvalue weighted by molar-refractivity contribution is 8.19. The van der Waals surface area contributed by atoms with Crippen molar-refractivity contribution in [3.05, 3.63) is 56.9 Å². The topological polar surface area (TPSA) is 55.8 Å². The van der Waals surface area contributed by atoms with Crippen LogP contribution in [0.25, 0.3) is 6.08 Å². The second-order valence-electron chi connectivity index (χ2n) is 6.42. The first-order chi connectivity index (χ1) is 13.8. The molecule has 0 saturated carbocycles. The van der Waals surface area contributed by atoms with E-state index in [1.54, 1.807) is 42.5 Å². The molecule has 0 aromatic heterocycles. The lowest BCUT2D eigenvalue weighted by molar-refractivity contribution is -0.113. The van der Waals surface area contributed by atoms with Crippen LogP contribution in [0.2, 0.25) is 10.0 Å². The summed E-state index contributed by atoms with van der Waals surface area (Å²) in [4.78, 5) is 26.6. The van der Waals surface area contributed by atoms with Crippen LogP contribution in [0.15, 0.2) is 41.3 Å². The van der Waals surface area contributed by atoms with E-state index in [0.717, 1.165) is 16.7 Å². The number of carbonyl (C=O) groups excluding carboxylic acids is 2. The minimum absolute atomic E-state index is 0.0755. The predicted octanol–water partition coefficient (Wildman–Crippen LogP) is 6.42. The standard InChI is InChI=1S/C21H19Cl2NO4S/c1-4-27-17-10-13(9-16(23)19(17)28-12(2)3)11-18-20(25)24(21(26)29-18)15-7-5-14(22)6-8-15/h5-12H,4H2,1-3H3/b18-11+. The molecule has 8 heteroatoms. The normalized spacial score (nSPS) is 15.5. The van der Waals surface area contributed by atoms with Crippen molar-refractivity contribution in [2.75, 3.05) is 11.5 Å². The molecule has 0 aliphatic carbocycles. The fourth-order valence-electron chi connectivity index (χ4n) is 2.72. The van der Waals surface area contributed by atoms with Gasteiger partial charge in [0.25, 0.3) is 11.1 Å². The number of anilines is 1. The minimum atomic E-state index is -0.404. The third-order valence-corrected chi connectivity index (χ3v) is 5.26. The van der Waals surface area contributed by atoms with Gasteiger partial charge in [0.05, 0.1) is 28.3 Å². The lowest BCUT2D eigenvalue weighted by atomic mass is 10.1. The first kappa shape index (κ1) is 21.6. The molecule has 0 radical (unpaired) electrons. The SMILES string of the molecule is CCOc1cc(/C=C2/SC(=O)N(c3ccc(Cl)cc3)C2=O)cc(Cl)c1OC(C)C. The molecule has 1 fully saturated rings. The summed E-state index contributed by atoms with van der Waals surface area (Å²) in [7, 11) is 0. The Kier molecular flexibility index (Phi) is 6.77. The highest BCUT2D eigenvalue weighted by atomic mass is 35.5. The molecule has 3 rings (SSSR count). The number of benzene rings is 2. The summed E-state index contributed by atoms with van der Waals surface area (Å²) in [6, 6.07) is 9.94. The van der Waals surface area contributed by atoms with Gasteiger partial charge in [-0.1, -0.05) is 23.2 Å². The van der Waals surface area contributed by atoms with Crippen LogP contribution in [0.5, 0.6) is 11.5 Å². The second-order valence-corrected chi connectivity index (χ2v) is 8.26. The van der Waals surface area contributed by atoms with Crippen LogP contribution < -0.4 is 14.4 Å². The van der Waals surface area contributed by atoms with Gasteiger partial charge in [-0.25, -0.2) is 4.90 Å². The van der Waals surface area contributed by atoms with E-state index in [4.69, 9.17) is 32.7 Å². The number of carbonyl (C=O) groups is 2. The minimum Gasteiger partial charge on any atom is -0.490 e. The monoisotopic (exact) mass is 451 g/mol. The van der Waals surface area contributed by atoms with Gasteiger partial charge in [0.2, 0.25) is 0 Å². The van der Waals surface area contributed by atoms with Crippen LogP contribution in [0.4, 0.5) is 10.5 Å². The number of ether oxygens (including phenoxy) is 2. The molecule has 2 amide bonds. The van der Waals surface area contributed by atoms with Crippen molar-refractivity contribution in [1.29, 1.82) is 0 Å². The molecule has 1 aliphatic rings. The van der Waals surface area contributed by atoms with Crippen LogP contribution in [-0.2, 0) is 4.79 Å². The molecule has 2 aromatic rings. The maximum atomic E-state index is 12.8. The Morgan fingerprint density at radius 1 is 1.14 bits per heavy atom. The van der Waals surface area contributed by atoms with E-state index in [-0.39, 0.29) is 11.3 Å². The summed E-state index contributed by atoms with van der Waals surface area (Å²) in [5.41, 5.74) is 1.10. The highest BCUT2D eigenvalue weighted by Crippen LogP contribution is 2.40. The molecule has 29 heavy (non-hydrogen) atoms. The largest absolute Gasteiger partial charge is 0.490 e. The van der Waals surface area contributed by atoms with Crippen molar-refractivity contribution in [1.82, 2.24) is 0 Å². The summed E-state index contributed by atoms with van der Waals surface area (Å²) < 4.78 is 11.4. The van der Waals surface area contributed by atoms with Crippen LogP contribution in [0.1, 0.15) is 26.3 Å². The highest BCUT2D eigenvalue weighted by Gasteiger charge is 2.36. The average molecular weight is 452 g/mol. The Labute approximate surface area is 183 Å². The maximum absolute atomic E-state index is 12.8. The predicted molar refractivity (Wildman–Crippen MR) is 118 cm³/mol. The van der Waals surface area contributed by atoms with E-state index in [9.17, 15) is 9.59 Å². The fourth-order valence-corrected chi connectivity index (χ4v) is 3.95. The van der Waals surface area contributed by atoms with Gasteiger partial charge in [-0.2, -0.15) is 0 Å². The zero-order chi connectivity index (χ0) is 21.1. The molecule has 1 saturated heterocycles. The van der Waals surface area contributed by atoms with Crippen molar-refractivity contribution in [3.8, 4) is 11.5 Å². The summed E-state index contributed by atoms with van der Waals surface area (Å²) in [6.45, 7) is 6.08. The van der Waals surface area contributed by atoms with Crippen molar-refractivity contribution >= 4 is 57.9 Å². The molecule has 0 unspecified atom stereocenters. The zero-order valence-corrected chi connectivity index (χ0v) is 18.4. The van der Waals surface area contributed by atoms with Crippen molar-refractivity contribution in [2.24, 2.45) is 0 Å². The zero-order valence-electron chi connectivity index (χ0n) is 16.1. The van der Waals surface area contributed by atoms with Crippen molar-refractivity contribution in [2.45, 2.75) is 26.9 Å². The van der Waals surface area contributed by atoms with E-state index in [1.807, 2.05) is 20.8 Å². The van der Waals surface area contributed by atoms with Gasteiger partial charge in [0.15, 0.2) is 11.5 Å². The van der Waals surface area contributed by atoms with Crippen molar-refractivity contribution < 1.29 is 19.1 Å². The summed E-state index contributed by atoms with van der Waals surface area (Å²) in [5, 5.41) is 0.519. The second kappa shape index (κ2) is 9.11. The van der Waals surface area contributed by atoms with Gasteiger partial charge in [-0.05, 0) is 80.6 Å². The third kappa shape index (κ3) is 4.89. The van der Waals surface area contributed by atoms with Gasteiger partial charge in [-0.3, -0.25) is 9.59 Å². The number of thioether (sulfide) groups is 1. The maximum Gasteiger partial charge on any atom is 0.298 e. The molecule has 0 N–H and O–H groups in total. The van der Waals surface area contributed by atoms with E-state index in [0.29, 0.717) is 44.3 Å². The number of hydrogen-bond donors (Lipinski definition) is 0. The van der Waals surface area contributed by atoms with Gasteiger partial charge in [0, 0.05) is 5.02 Å². The molecule has 0 bridgehead atoms. The first-order valence-corrected chi connectivity index (χ1v) is 10.5. The fraction of sp³-hybridized carbons (Fsp3) is 0.238. The van der Waals surface area contributed by atoms with Gasteiger partial charge in [0.1, 0.15) is 0 Å². The van der Waals surface area contributed by atoms with Crippen LogP contribution >= 0.6 is 35.0 Å². The number of nitrogens with zero attached hydrogens (tertiary/aromatic N) is 1. The van der Waals surface area contributed by atoms with Crippen LogP contribution in [-0.4, -0.2) is 23.9 Å². The molecule has 0 atom stereocenters. The number of hydrogen-bond acceptors (Lipinski definition) is 5. The lowest BCUT2D eigenvalue weighted by Gasteiger charge is -2.16. The molecule has 5 nitrogen and oxygen atoms in total. The number of halogens is 2. The first-order valence-electron chi connectivity index (χ1n) is 8.96. The summed E-state index contributed by atoms with van der Waals surface area (Å²) >= 11 is 13.1. The number of amides is 2. The molecule has 2 aromatic carbocycles. The number of imide groups is 1. The quantitative estimate of drug-likeness (QED) is 0.474. The molecule has 1 heterocycles.